The predicted molar refractivity (Wildman–Crippen MR) is 132 cm³/mol. The lowest BCUT2D eigenvalue weighted by Crippen LogP contribution is -2.39. The van der Waals surface area contributed by atoms with Gasteiger partial charge in [-0.05, 0) is 78.9 Å². The Labute approximate surface area is 199 Å². The summed E-state index contributed by atoms with van der Waals surface area (Å²) in [5, 5.41) is 1.95. The first-order valence-corrected chi connectivity index (χ1v) is 12.9. The van der Waals surface area contributed by atoms with E-state index in [-0.39, 0.29) is 17.6 Å². The molecule has 3 nitrogen and oxygen atoms in total. The third-order valence-electron chi connectivity index (χ3n) is 7.30. The number of amides is 1. The van der Waals surface area contributed by atoms with Crippen molar-refractivity contribution in [2.45, 2.75) is 25.2 Å². The molecule has 0 N–H and O–H groups in total. The molecule has 2 aliphatic rings. The molecule has 0 bridgehead atoms. The molecule has 0 saturated carbocycles. The monoisotopic (exact) mass is 462 g/mol. The van der Waals surface area contributed by atoms with Crippen molar-refractivity contribution in [3.8, 4) is 0 Å². The minimum Gasteiger partial charge on any atom is -0.337 e. The zero-order chi connectivity index (χ0) is 22.6. The molecular weight excluding hydrogens is 431 g/mol. The van der Waals surface area contributed by atoms with Crippen LogP contribution < -0.4 is 0 Å². The van der Waals surface area contributed by atoms with E-state index >= 15 is 0 Å². The number of hydrogen-bond donors (Lipinski definition) is 0. The lowest BCUT2D eigenvalue weighted by atomic mass is 9.86. The fourth-order valence-electron chi connectivity index (χ4n) is 5.55. The number of carbonyl (C=O) groups is 1. The van der Waals surface area contributed by atoms with Crippen molar-refractivity contribution < 1.29 is 9.18 Å². The second-order valence-corrected chi connectivity index (χ2v) is 10.5. The van der Waals surface area contributed by atoms with E-state index in [4.69, 9.17) is 0 Å². The summed E-state index contributed by atoms with van der Waals surface area (Å²) in [6.07, 6.45) is 3.58. The summed E-state index contributed by atoms with van der Waals surface area (Å²) in [5.74, 6) is 1.14. The summed E-state index contributed by atoms with van der Waals surface area (Å²) in [4.78, 5) is 18.4. The van der Waals surface area contributed by atoms with Crippen molar-refractivity contribution in [1.29, 1.82) is 0 Å². The second kappa shape index (κ2) is 10.2. The highest BCUT2D eigenvalue weighted by Crippen LogP contribution is 2.35. The van der Waals surface area contributed by atoms with E-state index in [1.165, 1.54) is 35.8 Å². The van der Waals surface area contributed by atoms with Gasteiger partial charge in [-0.2, -0.15) is 0 Å². The van der Waals surface area contributed by atoms with Crippen LogP contribution >= 0.6 is 11.3 Å². The van der Waals surface area contributed by atoms with Gasteiger partial charge in [-0.3, -0.25) is 4.79 Å². The molecule has 172 valence electrons. The highest BCUT2D eigenvalue weighted by atomic mass is 32.1. The largest absolute Gasteiger partial charge is 0.337 e. The number of thiophene rings is 1. The lowest BCUT2D eigenvalue weighted by Gasteiger charge is -2.34. The molecule has 5 rings (SSSR count). The molecule has 33 heavy (non-hydrogen) atoms. The molecule has 5 heteroatoms. The number of hydrogen-bond acceptors (Lipinski definition) is 3. The van der Waals surface area contributed by atoms with Gasteiger partial charge in [0.15, 0.2) is 0 Å². The maximum atomic E-state index is 14.0. The van der Waals surface area contributed by atoms with E-state index in [0.717, 1.165) is 49.0 Å². The summed E-state index contributed by atoms with van der Waals surface area (Å²) in [7, 11) is 0. The van der Waals surface area contributed by atoms with Crippen LogP contribution in [0.4, 0.5) is 4.39 Å². The summed E-state index contributed by atoms with van der Waals surface area (Å²) in [5.41, 5.74) is 2.45. The Bertz CT molecular complexity index is 1050. The Hall–Kier alpha value is -2.50. The molecule has 0 aliphatic carbocycles. The first-order valence-electron chi connectivity index (χ1n) is 12.0. The maximum absolute atomic E-state index is 14.0. The van der Waals surface area contributed by atoms with E-state index in [9.17, 15) is 9.18 Å². The van der Waals surface area contributed by atoms with Gasteiger partial charge in [0, 0.05) is 25.6 Å². The van der Waals surface area contributed by atoms with Gasteiger partial charge >= 0.3 is 0 Å². The van der Waals surface area contributed by atoms with Crippen LogP contribution in [0.15, 0.2) is 72.1 Å². The van der Waals surface area contributed by atoms with Crippen molar-refractivity contribution in [3.63, 3.8) is 0 Å². The molecule has 2 aliphatic heterocycles. The topological polar surface area (TPSA) is 23.6 Å². The van der Waals surface area contributed by atoms with Crippen molar-refractivity contribution in [3.05, 3.63) is 93.9 Å². The van der Waals surface area contributed by atoms with Crippen LogP contribution in [0.3, 0.4) is 0 Å². The molecule has 0 unspecified atom stereocenters. The first-order chi connectivity index (χ1) is 16.2. The Morgan fingerprint density at radius 1 is 0.970 bits per heavy atom. The number of carbonyl (C=O) groups excluding carboxylic acids is 1. The number of piperidine rings is 1. The summed E-state index contributed by atoms with van der Waals surface area (Å²) in [6, 6.07) is 21.6. The second-order valence-electron chi connectivity index (χ2n) is 9.54. The van der Waals surface area contributed by atoms with Crippen LogP contribution in [0.5, 0.6) is 0 Å². The Morgan fingerprint density at radius 3 is 2.52 bits per heavy atom. The van der Waals surface area contributed by atoms with Crippen LogP contribution in [-0.2, 0) is 6.42 Å². The molecular formula is C28H31FN2OS. The van der Waals surface area contributed by atoms with Gasteiger partial charge in [0.05, 0.1) is 4.88 Å². The number of halogens is 1. The normalized spacial score (nSPS) is 22.0. The zero-order valence-corrected chi connectivity index (χ0v) is 19.7. The Morgan fingerprint density at radius 2 is 1.79 bits per heavy atom. The van der Waals surface area contributed by atoms with Gasteiger partial charge in [-0.25, -0.2) is 4.39 Å². The van der Waals surface area contributed by atoms with Crippen LogP contribution in [-0.4, -0.2) is 48.4 Å². The highest BCUT2D eigenvalue weighted by molar-refractivity contribution is 7.12. The molecule has 2 fully saturated rings. The fraction of sp³-hybridized carbons (Fsp3) is 0.393. The van der Waals surface area contributed by atoms with E-state index in [1.54, 1.807) is 12.1 Å². The predicted octanol–water partition coefficient (Wildman–Crippen LogP) is 5.70. The molecule has 0 spiro atoms. The highest BCUT2D eigenvalue weighted by Gasteiger charge is 2.38. The number of nitrogens with zero attached hydrogens (tertiary/aromatic N) is 2. The van der Waals surface area contributed by atoms with Crippen molar-refractivity contribution in [2.24, 2.45) is 11.8 Å². The average Bonchev–Trinajstić information content (AvgIpc) is 3.51. The van der Waals surface area contributed by atoms with Crippen LogP contribution in [0.1, 0.15) is 39.6 Å². The third kappa shape index (κ3) is 5.36. The van der Waals surface area contributed by atoms with Gasteiger partial charge in [0.2, 0.25) is 0 Å². The Kier molecular flexibility index (Phi) is 6.88. The minimum atomic E-state index is -0.198. The standard InChI is InChI=1S/C28H31FN2OS/c29-25-9-4-8-23(17-25)26-20-31(28(32)27-10-5-15-33-27)19-24(26)18-30-13-11-22(12-14-30)16-21-6-2-1-3-7-21/h1-10,15,17,22,24,26H,11-14,16,18-20H2/t24-,26+/m0/s1. The average molecular weight is 463 g/mol. The molecule has 3 heterocycles. The van der Waals surface area contributed by atoms with Gasteiger partial charge in [-0.15, -0.1) is 11.3 Å². The van der Waals surface area contributed by atoms with Crippen LogP contribution in [0.25, 0.3) is 0 Å². The molecule has 0 radical (unpaired) electrons. The van der Waals surface area contributed by atoms with E-state index in [1.807, 2.05) is 28.5 Å². The maximum Gasteiger partial charge on any atom is 0.263 e. The SMILES string of the molecule is O=C(c1cccs1)N1C[C@H](CN2CCC(Cc3ccccc3)CC2)[C@@H](c2cccc(F)c2)C1. The smallest absolute Gasteiger partial charge is 0.263 e. The number of rotatable bonds is 6. The van der Waals surface area contributed by atoms with Crippen molar-refractivity contribution >= 4 is 17.2 Å². The van der Waals surface area contributed by atoms with Gasteiger partial charge in [0.25, 0.3) is 5.91 Å². The van der Waals surface area contributed by atoms with E-state index in [2.05, 4.69) is 35.2 Å². The Balaban J connectivity index is 1.24. The quantitative estimate of drug-likeness (QED) is 0.469. The van der Waals surface area contributed by atoms with Crippen molar-refractivity contribution in [1.82, 2.24) is 9.80 Å². The molecule has 2 atom stereocenters. The van der Waals surface area contributed by atoms with Crippen LogP contribution in [0, 0.1) is 17.7 Å². The minimum absolute atomic E-state index is 0.107. The molecule has 2 aromatic carbocycles. The van der Waals surface area contributed by atoms with Crippen molar-refractivity contribution in [2.75, 3.05) is 32.7 Å². The molecule has 2 saturated heterocycles. The first kappa shape index (κ1) is 22.3. The lowest BCUT2D eigenvalue weighted by molar-refractivity contribution is 0.0785. The summed E-state index contributed by atoms with van der Waals surface area (Å²) >= 11 is 1.49. The van der Waals surface area contributed by atoms with Gasteiger partial charge in [-0.1, -0.05) is 48.5 Å². The van der Waals surface area contributed by atoms with Gasteiger partial charge < -0.3 is 9.80 Å². The van der Waals surface area contributed by atoms with Gasteiger partial charge in [0.1, 0.15) is 5.82 Å². The molecule has 1 amide bonds. The number of benzene rings is 2. The van der Waals surface area contributed by atoms with E-state index in [0.29, 0.717) is 12.5 Å². The number of likely N-dealkylation sites (tertiary alicyclic amines) is 2. The molecule has 3 aromatic rings. The summed E-state index contributed by atoms with van der Waals surface area (Å²) < 4.78 is 14.0. The fourth-order valence-corrected chi connectivity index (χ4v) is 6.24. The van der Waals surface area contributed by atoms with Crippen LogP contribution in [0.2, 0.25) is 0 Å². The zero-order valence-electron chi connectivity index (χ0n) is 18.9. The van der Waals surface area contributed by atoms with E-state index < -0.39 is 0 Å². The summed E-state index contributed by atoms with van der Waals surface area (Å²) in [6.45, 7) is 4.57. The third-order valence-corrected chi connectivity index (χ3v) is 8.16. The molecule has 1 aromatic heterocycles.